The van der Waals surface area contributed by atoms with Crippen molar-refractivity contribution in [2.45, 2.75) is 19.4 Å². The number of hydrogen-bond donors (Lipinski definition) is 0. The van der Waals surface area contributed by atoms with E-state index in [1.165, 1.54) is 0 Å². The van der Waals surface area contributed by atoms with Gasteiger partial charge < -0.3 is 4.74 Å². The fourth-order valence-electron chi connectivity index (χ4n) is 2.38. The van der Waals surface area contributed by atoms with Gasteiger partial charge in [0.25, 0.3) is 0 Å². The van der Waals surface area contributed by atoms with Crippen LogP contribution in [0.3, 0.4) is 0 Å². The Labute approximate surface area is 119 Å². The topological polar surface area (TPSA) is 26.3 Å². The molecule has 1 aliphatic rings. The predicted octanol–water partition coefficient (Wildman–Crippen LogP) is 4.12. The second-order valence-corrected chi connectivity index (χ2v) is 5.03. The molecule has 0 spiro atoms. The molecule has 3 rings (SSSR count). The van der Waals surface area contributed by atoms with Crippen molar-refractivity contribution < 1.29 is 22.7 Å². The number of ether oxygens (including phenoxy) is 1. The van der Waals surface area contributed by atoms with Gasteiger partial charge in [0.15, 0.2) is 23.2 Å². The standard InChI is InChI=1S/C16H11F3O2/c1-8-2-3-14-10(4-8)13(20)7-15(21-14)9-5-11(17)16(19)12(18)6-9/h2-6,15H,7H2,1H3. The van der Waals surface area contributed by atoms with Gasteiger partial charge in [0, 0.05) is 0 Å². The average Bonchev–Trinajstić information content (AvgIpc) is 2.44. The van der Waals surface area contributed by atoms with Crippen molar-refractivity contribution in [3.63, 3.8) is 0 Å². The van der Waals surface area contributed by atoms with Gasteiger partial charge in [-0.25, -0.2) is 13.2 Å². The third-order valence-corrected chi connectivity index (χ3v) is 3.45. The largest absolute Gasteiger partial charge is 0.484 e. The van der Waals surface area contributed by atoms with Gasteiger partial charge in [-0.2, -0.15) is 0 Å². The maximum absolute atomic E-state index is 13.3. The molecule has 0 amide bonds. The zero-order valence-corrected chi connectivity index (χ0v) is 11.1. The maximum Gasteiger partial charge on any atom is 0.194 e. The molecule has 0 aromatic heterocycles. The van der Waals surface area contributed by atoms with Crippen LogP contribution in [0.15, 0.2) is 30.3 Å². The van der Waals surface area contributed by atoms with Crippen molar-refractivity contribution in [3.8, 4) is 5.75 Å². The molecule has 1 heterocycles. The first-order valence-electron chi connectivity index (χ1n) is 6.40. The fraction of sp³-hybridized carbons (Fsp3) is 0.188. The highest BCUT2D eigenvalue weighted by molar-refractivity contribution is 6.00. The molecule has 5 heteroatoms. The Morgan fingerprint density at radius 2 is 1.76 bits per heavy atom. The number of carbonyl (C=O) groups excluding carboxylic acids is 1. The van der Waals surface area contributed by atoms with Gasteiger partial charge in [0.1, 0.15) is 11.9 Å². The van der Waals surface area contributed by atoms with Gasteiger partial charge >= 0.3 is 0 Å². The monoisotopic (exact) mass is 292 g/mol. The van der Waals surface area contributed by atoms with E-state index in [9.17, 15) is 18.0 Å². The van der Waals surface area contributed by atoms with E-state index >= 15 is 0 Å². The molecule has 0 bridgehead atoms. The molecule has 0 fully saturated rings. The van der Waals surface area contributed by atoms with Crippen LogP contribution in [-0.4, -0.2) is 5.78 Å². The molecule has 2 nitrogen and oxygen atoms in total. The lowest BCUT2D eigenvalue weighted by Crippen LogP contribution is -2.21. The molecule has 21 heavy (non-hydrogen) atoms. The number of Topliss-reactive ketones (excluding diaryl/α,β-unsaturated/α-hetero) is 1. The summed E-state index contributed by atoms with van der Waals surface area (Å²) in [6, 6.07) is 6.84. The minimum absolute atomic E-state index is 0.0407. The molecule has 0 saturated carbocycles. The first-order chi connectivity index (χ1) is 9.95. The number of aryl methyl sites for hydroxylation is 1. The zero-order valence-electron chi connectivity index (χ0n) is 11.1. The van der Waals surface area contributed by atoms with Crippen LogP contribution < -0.4 is 4.74 Å². The number of ketones is 1. The fourth-order valence-corrected chi connectivity index (χ4v) is 2.38. The Morgan fingerprint density at radius 3 is 2.43 bits per heavy atom. The summed E-state index contributed by atoms with van der Waals surface area (Å²) in [5.41, 5.74) is 1.48. The summed E-state index contributed by atoms with van der Waals surface area (Å²) < 4.78 is 45.2. The molecule has 1 unspecified atom stereocenters. The summed E-state index contributed by atoms with van der Waals surface area (Å²) in [6.45, 7) is 1.85. The number of benzene rings is 2. The molecule has 108 valence electrons. The van der Waals surface area contributed by atoms with E-state index in [1.807, 2.05) is 6.92 Å². The van der Waals surface area contributed by atoms with Gasteiger partial charge in [-0.3, -0.25) is 4.79 Å². The lowest BCUT2D eigenvalue weighted by molar-refractivity contribution is 0.0848. The molecule has 0 aliphatic carbocycles. The van der Waals surface area contributed by atoms with Crippen molar-refractivity contribution in [1.82, 2.24) is 0 Å². The Morgan fingerprint density at radius 1 is 1.10 bits per heavy atom. The molecule has 0 N–H and O–H groups in total. The quantitative estimate of drug-likeness (QED) is 0.739. The maximum atomic E-state index is 13.3. The minimum Gasteiger partial charge on any atom is -0.484 e. The van der Waals surface area contributed by atoms with Gasteiger partial charge in [0.2, 0.25) is 0 Å². The highest BCUT2D eigenvalue weighted by atomic mass is 19.2. The van der Waals surface area contributed by atoms with E-state index in [-0.39, 0.29) is 17.8 Å². The first-order valence-corrected chi connectivity index (χ1v) is 6.40. The van der Waals surface area contributed by atoms with Crippen LogP contribution in [-0.2, 0) is 0 Å². The normalized spacial score (nSPS) is 17.3. The average molecular weight is 292 g/mol. The molecule has 1 aliphatic heterocycles. The van der Waals surface area contributed by atoms with E-state index in [4.69, 9.17) is 4.74 Å². The van der Waals surface area contributed by atoms with Crippen molar-refractivity contribution in [2.75, 3.05) is 0 Å². The predicted molar refractivity (Wildman–Crippen MR) is 69.8 cm³/mol. The lowest BCUT2D eigenvalue weighted by Gasteiger charge is -2.26. The van der Waals surface area contributed by atoms with Crippen molar-refractivity contribution >= 4 is 5.78 Å². The molecule has 2 aromatic rings. The molecule has 0 radical (unpaired) electrons. The summed E-state index contributed by atoms with van der Waals surface area (Å²) >= 11 is 0. The number of halogens is 3. The van der Waals surface area contributed by atoms with Gasteiger partial charge in [-0.1, -0.05) is 11.6 Å². The molecular weight excluding hydrogens is 281 g/mol. The summed E-state index contributed by atoms with van der Waals surface area (Å²) in [4.78, 5) is 12.1. The second-order valence-electron chi connectivity index (χ2n) is 5.03. The number of carbonyl (C=O) groups is 1. The Hall–Kier alpha value is -2.30. The summed E-state index contributed by atoms with van der Waals surface area (Å²) in [7, 11) is 0. The number of rotatable bonds is 1. The van der Waals surface area contributed by atoms with Gasteiger partial charge in [-0.15, -0.1) is 0 Å². The molecular formula is C16H11F3O2. The van der Waals surface area contributed by atoms with Crippen LogP contribution in [0.1, 0.15) is 34.0 Å². The lowest BCUT2D eigenvalue weighted by atomic mass is 9.95. The number of fused-ring (bicyclic) bond motifs is 1. The smallest absolute Gasteiger partial charge is 0.194 e. The highest BCUT2D eigenvalue weighted by Gasteiger charge is 2.29. The zero-order chi connectivity index (χ0) is 15.1. The minimum atomic E-state index is -1.53. The summed E-state index contributed by atoms with van der Waals surface area (Å²) in [5, 5.41) is 0. The molecule has 1 atom stereocenters. The van der Waals surface area contributed by atoms with Crippen LogP contribution in [0.5, 0.6) is 5.75 Å². The molecule has 2 aromatic carbocycles. The highest BCUT2D eigenvalue weighted by Crippen LogP contribution is 2.36. The van der Waals surface area contributed by atoms with Crippen LogP contribution in [0.4, 0.5) is 13.2 Å². The summed E-state index contributed by atoms with van der Waals surface area (Å²) in [5.74, 6) is -3.93. The summed E-state index contributed by atoms with van der Waals surface area (Å²) in [6.07, 6.45) is -0.863. The van der Waals surface area contributed by atoms with Crippen LogP contribution in [0.2, 0.25) is 0 Å². The van der Waals surface area contributed by atoms with E-state index < -0.39 is 23.6 Å². The SMILES string of the molecule is Cc1ccc2c(c1)C(=O)CC(c1cc(F)c(F)c(F)c1)O2. The third-order valence-electron chi connectivity index (χ3n) is 3.45. The first kappa shape index (κ1) is 13.7. The van der Waals surface area contributed by atoms with E-state index in [2.05, 4.69) is 0 Å². The van der Waals surface area contributed by atoms with Crippen LogP contribution >= 0.6 is 0 Å². The van der Waals surface area contributed by atoms with E-state index in [1.54, 1.807) is 18.2 Å². The van der Waals surface area contributed by atoms with Crippen LogP contribution in [0, 0.1) is 24.4 Å². The van der Waals surface area contributed by atoms with Crippen molar-refractivity contribution in [3.05, 3.63) is 64.5 Å². The van der Waals surface area contributed by atoms with E-state index in [0.717, 1.165) is 17.7 Å². The Kier molecular flexibility index (Phi) is 3.20. The van der Waals surface area contributed by atoms with E-state index in [0.29, 0.717) is 11.3 Å². The van der Waals surface area contributed by atoms with Crippen LogP contribution in [0.25, 0.3) is 0 Å². The third kappa shape index (κ3) is 2.39. The van der Waals surface area contributed by atoms with Crippen molar-refractivity contribution in [1.29, 1.82) is 0 Å². The Balaban J connectivity index is 2.00. The number of hydrogen-bond acceptors (Lipinski definition) is 2. The van der Waals surface area contributed by atoms with Gasteiger partial charge in [0.05, 0.1) is 12.0 Å². The molecule has 0 saturated heterocycles. The van der Waals surface area contributed by atoms with Crippen molar-refractivity contribution in [2.24, 2.45) is 0 Å². The van der Waals surface area contributed by atoms with Gasteiger partial charge in [-0.05, 0) is 36.8 Å². The second kappa shape index (κ2) is 4.91. The Bertz CT molecular complexity index is 717.